The molecule has 154 valence electrons. The van der Waals surface area contributed by atoms with Crippen molar-refractivity contribution < 1.29 is 18.4 Å². The van der Waals surface area contributed by atoms with E-state index >= 15 is 0 Å². The van der Waals surface area contributed by atoms with E-state index in [4.69, 9.17) is 9.26 Å². The first-order valence-corrected chi connectivity index (χ1v) is 10.1. The highest BCUT2D eigenvalue weighted by atomic mass is 19.1. The number of pyridine rings is 1. The molecule has 3 aromatic rings. The fourth-order valence-corrected chi connectivity index (χ4v) is 4.56. The molecule has 8 heteroatoms. The molecule has 4 heterocycles. The third kappa shape index (κ3) is 3.65. The summed E-state index contributed by atoms with van der Waals surface area (Å²) in [6, 6.07) is 9.68. The number of hydrogen-bond acceptors (Lipinski definition) is 6. The number of benzene rings is 1. The van der Waals surface area contributed by atoms with Gasteiger partial charge >= 0.3 is 0 Å². The largest absolute Gasteiger partial charge is 0.484 e. The molecule has 2 saturated heterocycles. The number of aromatic nitrogens is 3. The van der Waals surface area contributed by atoms with E-state index in [2.05, 4.69) is 15.1 Å². The summed E-state index contributed by atoms with van der Waals surface area (Å²) in [5.74, 6) is 1.46. The second-order valence-electron chi connectivity index (χ2n) is 7.79. The summed E-state index contributed by atoms with van der Waals surface area (Å²) < 4.78 is 24.1. The summed E-state index contributed by atoms with van der Waals surface area (Å²) >= 11 is 0. The lowest BCUT2D eigenvalue weighted by Crippen LogP contribution is -2.47. The van der Waals surface area contributed by atoms with Gasteiger partial charge in [-0.15, -0.1) is 0 Å². The molecule has 0 spiro atoms. The van der Waals surface area contributed by atoms with Crippen molar-refractivity contribution in [2.24, 2.45) is 0 Å². The number of piperidine rings is 1. The zero-order chi connectivity index (χ0) is 20.5. The Balaban J connectivity index is 1.23. The topological polar surface area (TPSA) is 81.4 Å². The van der Waals surface area contributed by atoms with Crippen LogP contribution in [0, 0.1) is 5.82 Å². The molecule has 0 saturated carbocycles. The molecule has 0 aliphatic carbocycles. The minimum absolute atomic E-state index is 0.0340. The Morgan fingerprint density at radius 1 is 1.10 bits per heavy atom. The quantitative estimate of drug-likeness (QED) is 0.642. The van der Waals surface area contributed by atoms with E-state index in [-0.39, 0.29) is 36.3 Å². The van der Waals surface area contributed by atoms with Gasteiger partial charge in [0, 0.05) is 36.0 Å². The van der Waals surface area contributed by atoms with Crippen LogP contribution in [0.4, 0.5) is 4.39 Å². The van der Waals surface area contributed by atoms with Gasteiger partial charge in [-0.25, -0.2) is 4.39 Å². The van der Waals surface area contributed by atoms with Gasteiger partial charge in [-0.1, -0.05) is 5.16 Å². The third-order valence-corrected chi connectivity index (χ3v) is 5.93. The summed E-state index contributed by atoms with van der Waals surface area (Å²) in [4.78, 5) is 23.4. The van der Waals surface area contributed by atoms with Crippen molar-refractivity contribution in [1.29, 1.82) is 0 Å². The van der Waals surface area contributed by atoms with Crippen LogP contribution in [0.15, 0.2) is 53.3 Å². The van der Waals surface area contributed by atoms with E-state index in [1.807, 2.05) is 17.0 Å². The minimum atomic E-state index is -0.332. The second-order valence-corrected chi connectivity index (χ2v) is 7.79. The van der Waals surface area contributed by atoms with Crippen LogP contribution in [-0.4, -0.2) is 44.6 Å². The summed E-state index contributed by atoms with van der Waals surface area (Å²) in [6.07, 6.45) is 6.94. The van der Waals surface area contributed by atoms with Crippen LogP contribution in [0.2, 0.25) is 0 Å². The lowest BCUT2D eigenvalue weighted by molar-refractivity contribution is -0.138. The second kappa shape index (κ2) is 7.85. The number of ether oxygens (including phenoxy) is 1. The number of carbonyl (C=O) groups is 1. The van der Waals surface area contributed by atoms with Crippen LogP contribution in [0.25, 0.3) is 11.4 Å². The van der Waals surface area contributed by atoms with Crippen molar-refractivity contribution >= 4 is 5.91 Å². The Morgan fingerprint density at radius 2 is 1.80 bits per heavy atom. The maximum atomic E-state index is 13.0. The highest BCUT2D eigenvalue weighted by Crippen LogP contribution is 2.43. The Morgan fingerprint density at radius 3 is 2.50 bits per heavy atom. The molecule has 0 N–H and O–H groups in total. The van der Waals surface area contributed by atoms with Crippen LogP contribution >= 0.6 is 0 Å². The van der Waals surface area contributed by atoms with Gasteiger partial charge in [-0.05, 0) is 62.1 Å². The molecule has 2 fully saturated rings. The molecule has 1 amide bonds. The van der Waals surface area contributed by atoms with Crippen molar-refractivity contribution in [3.63, 3.8) is 0 Å². The number of fused-ring (bicyclic) bond motifs is 2. The SMILES string of the molecule is O=C(COc1ccc(F)cc1)N1C2CCC1CC(c1nc(-c3ccncc3)no1)C2. The van der Waals surface area contributed by atoms with E-state index in [9.17, 15) is 9.18 Å². The number of carbonyl (C=O) groups excluding carboxylic acids is 1. The molecular weight excluding hydrogens is 387 g/mol. The van der Waals surface area contributed by atoms with Crippen LogP contribution in [0.3, 0.4) is 0 Å². The molecule has 2 bridgehead atoms. The molecular formula is C22H21FN4O3. The molecule has 0 radical (unpaired) electrons. The average Bonchev–Trinajstić information content (AvgIpc) is 3.37. The van der Waals surface area contributed by atoms with Gasteiger partial charge in [-0.2, -0.15) is 4.98 Å². The van der Waals surface area contributed by atoms with E-state index < -0.39 is 0 Å². The van der Waals surface area contributed by atoms with E-state index in [0.29, 0.717) is 17.5 Å². The normalized spacial score (nSPS) is 22.8. The molecule has 2 aliphatic heterocycles. The maximum Gasteiger partial charge on any atom is 0.261 e. The van der Waals surface area contributed by atoms with Crippen molar-refractivity contribution in [1.82, 2.24) is 20.0 Å². The molecule has 30 heavy (non-hydrogen) atoms. The van der Waals surface area contributed by atoms with Crippen molar-refractivity contribution in [3.8, 4) is 17.1 Å². The van der Waals surface area contributed by atoms with E-state index in [0.717, 1.165) is 31.2 Å². The van der Waals surface area contributed by atoms with Gasteiger partial charge in [0.15, 0.2) is 6.61 Å². The summed E-state index contributed by atoms with van der Waals surface area (Å²) in [7, 11) is 0. The average molecular weight is 408 g/mol. The first-order chi connectivity index (χ1) is 14.7. The zero-order valence-corrected chi connectivity index (χ0v) is 16.3. The van der Waals surface area contributed by atoms with Crippen LogP contribution in [0.1, 0.15) is 37.5 Å². The predicted octanol–water partition coefficient (Wildman–Crippen LogP) is 3.59. The highest BCUT2D eigenvalue weighted by molar-refractivity contribution is 5.79. The zero-order valence-electron chi connectivity index (χ0n) is 16.3. The first kappa shape index (κ1) is 18.7. The standard InChI is InChI=1S/C22H21FN4O3/c23-16-1-5-19(6-2-16)29-13-20(28)27-17-3-4-18(27)12-15(11-17)22-25-21(26-30-22)14-7-9-24-10-8-14/h1-2,5-10,15,17-18H,3-4,11-13H2. The molecule has 2 unspecified atom stereocenters. The molecule has 2 atom stereocenters. The van der Waals surface area contributed by atoms with Gasteiger partial charge in [0.1, 0.15) is 11.6 Å². The molecule has 2 aromatic heterocycles. The Bertz CT molecular complexity index is 1010. The van der Waals surface area contributed by atoms with Crippen LogP contribution < -0.4 is 4.74 Å². The van der Waals surface area contributed by atoms with Gasteiger partial charge in [0.2, 0.25) is 11.7 Å². The minimum Gasteiger partial charge on any atom is -0.484 e. The maximum absolute atomic E-state index is 13.0. The predicted molar refractivity (Wildman–Crippen MR) is 105 cm³/mol. The summed E-state index contributed by atoms with van der Waals surface area (Å²) in [5.41, 5.74) is 0.869. The number of amides is 1. The number of rotatable bonds is 5. The number of nitrogens with zero attached hydrogens (tertiary/aromatic N) is 4. The van der Waals surface area contributed by atoms with E-state index in [1.54, 1.807) is 12.4 Å². The smallest absolute Gasteiger partial charge is 0.261 e. The lowest BCUT2D eigenvalue weighted by atomic mass is 9.90. The Hall–Kier alpha value is -3.29. The van der Waals surface area contributed by atoms with Gasteiger partial charge in [0.05, 0.1) is 0 Å². The highest BCUT2D eigenvalue weighted by Gasteiger charge is 2.45. The van der Waals surface area contributed by atoms with Gasteiger partial charge in [-0.3, -0.25) is 9.78 Å². The fourth-order valence-electron chi connectivity index (χ4n) is 4.56. The summed E-state index contributed by atoms with van der Waals surface area (Å²) in [6.45, 7) is -0.0456. The van der Waals surface area contributed by atoms with Crippen molar-refractivity contribution in [2.75, 3.05) is 6.61 Å². The number of hydrogen-bond donors (Lipinski definition) is 0. The van der Waals surface area contributed by atoms with E-state index in [1.165, 1.54) is 24.3 Å². The van der Waals surface area contributed by atoms with Crippen molar-refractivity contribution in [2.45, 2.75) is 43.7 Å². The summed E-state index contributed by atoms with van der Waals surface area (Å²) in [5, 5.41) is 4.11. The fraction of sp³-hybridized carbons (Fsp3) is 0.364. The number of halogens is 1. The van der Waals surface area contributed by atoms with Gasteiger partial charge < -0.3 is 14.2 Å². The van der Waals surface area contributed by atoms with Crippen molar-refractivity contribution in [3.05, 3.63) is 60.5 Å². The molecule has 1 aromatic carbocycles. The molecule has 5 rings (SSSR count). The van der Waals surface area contributed by atoms with Gasteiger partial charge in [0.25, 0.3) is 5.91 Å². The molecule has 2 aliphatic rings. The monoisotopic (exact) mass is 408 g/mol. The van der Waals surface area contributed by atoms with Crippen LogP contribution in [-0.2, 0) is 4.79 Å². The Kier molecular flexibility index (Phi) is 4.90. The Labute approximate surface area is 172 Å². The lowest BCUT2D eigenvalue weighted by Gasteiger charge is -2.37. The van der Waals surface area contributed by atoms with Crippen LogP contribution in [0.5, 0.6) is 5.75 Å². The first-order valence-electron chi connectivity index (χ1n) is 10.1. The molecule has 7 nitrogen and oxygen atoms in total. The third-order valence-electron chi connectivity index (χ3n) is 5.93.